The van der Waals surface area contributed by atoms with E-state index in [0.717, 1.165) is 17.2 Å². The number of ether oxygens (including phenoxy) is 1. The Morgan fingerprint density at radius 2 is 2.00 bits per heavy atom. The number of aliphatic carboxylic acids is 1. The van der Waals surface area contributed by atoms with Gasteiger partial charge in [0.15, 0.2) is 0 Å². The molecule has 3 nitrogen and oxygen atoms in total. The molecule has 20 heavy (non-hydrogen) atoms. The first-order valence-electron chi connectivity index (χ1n) is 6.02. The van der Waals surface area contributed by atoms with Gasteiger partial charge in [-0.2, -0.15) is 0 Å². The van der Waals surface area contributed by atoms with E-state index >= 15 is 0 Å². The molecule has 0 fully saturated rings. The molecule has 0 saturated carbocycles. The first-order valence-corrected chi connectivity index (χ1v) is 6.40. The van der Waals surface area contributed by atoms with Crippen molar-refractivity contribution in [3.63, 3.8) is 0 Å². The summed E-state index contributed by atoms with van der Waals surface area (Å²) in [6, 6.07) is 14.6. The second-order valence-electron chi connectivity index (χ2n) is 4.12. The van der Waals surface area contributed by atoms with Crippen molar-refractivity contribution in [2.45, 2.75) is 6.61 Å². The lowest BCUT2D eigenvalue weighted by atomic mass is 10.1. The molecule has 0 spiro atoms. The number of benzene rings is 2. The third-order valence-corrected chi connectivity index (χ3v) is 2.89. The Labute approximate surface area is 122 Å². The number of halogens is 1. The normalized spacial score (nSPS) is 10.7. The van der Waals surface area contributed by atoms with Gasteiger partial charge in [0.05, 0.1) is 0 Å². The minimum absolute atomic E-state index is 0.348. The Bertz CT molecular complexity index is 635. The van der Waals surface area contributed by atoms with E-state index in [9.17, 15) is 4.79 Å². The van der Waals surface area contributed by atoms with E-state index in [1.165, 1.54) is 0 Å². The first kappa shape index (κ1) is 14.2. The molecule has 0 aliphatic carbocycles. The van der Waals surface area contributed by atoms with Crippen molar-refractivity contribution in [2.75, 3.05) is 0 Å². The van der Waals surface area contributed by atoms with Gasteiger partial charge in [0.25, 0.3) is 0 Å². The zero-order valence-corrected chi connectivity index (χ0v) is 11.4. The topological polar surface area (TPSA) is 46.5 Å². The predicted molar refractivity (Wildman–Crippen MR) is 78.9 cm³/mol. The Kier molecular flexibility index (Phi) is 4.80. The lowest BCUT2D eigenvalue weighted by Gasteiger charge is -2.09. The van der Waals surface area contributed by atoms with Crippen molar-refractivity contribution in [3.8, 4) is 5.75 Å². The summed E-state index contributed by atoms with van der Waals surface area (Å²) in [5.41, 5.74) is 1.72. The zero-order valence-electron chi connectivity index (χ0n) is 10.6. The number of carbonyl (C=O) groups is 1. The molecule has 0 aromatic heterocycles. The smallest absolute Gasteiger partial charge is 0.328 e. The number of carboxylic acids is 1. The molecular formula is C16H13ClO3. The highest BCUT2D eigenvalue weighted by molar-refractivity contribution is 6.30. The van der Waals surface area contributed by atoms with Gasteiger partial charge in [-0.05, 0) is 35.4 Å². The Hall–Kier alpha value is -2.26. The van der Waals surface area contributed by atoms with Crippen LogP contribution in [0.3, 0.4) is 0 Å². The molecule has 4 heteroatoms. The quantitative estimate of drug-likeness (QED) is 0.845. The van der Waals surface area contributed by atoms with Gasteiger partial charge in [0, 0.05) is 11.1 Å². The third-order valence-electron chi connectivity index (χ3n) is 2.65. The largest absolute Gasteiger partial charge is 0.489 e. The van der Waals surface area contributed by atoms with E-state index in [1.54, 1.807) is 18.2 Å². The van der Waals surface area contributed by atoms with E-state index in [1.807, 2.05) is 36.4 Å². The van der Waals surface area contributed by atoms with Crippen LogP contribution in [-0.2, 0) is 11.4 Å². The van der Waals surface area contributed by atoms with Crippen molar-refractivity contribution in [1.82, 2.24) is 0 Å². The molecule has 0 bridgehead atoms. The van der Waals surface area contributed by atoms with Gasteiger partial charge < -0.3 is 9.84 Å². The van der Waals surface area contributed by atoms with Crippen LogP contribution in [0.5, 0.6) is 5.75 Å². The summed E-state index contributed by atoms with van der Waals surface area (Å²) in [5, 5.41) is 9.28. The highest BCUT2D eigenvalue weighted by Crippen LogP contribution is 2.19. The maximum atomic E-state index is 10.6. The fourth-order valence-electron chi connectivity index (χ4n) is 1.71. The van der Waals surface area contributed by atoms with Crippen molar-refractivity contribution < 1.29 is 14.6 Å². The maximum absolute atomic E-state index is 10.6. The molecule has 0 heterocycles. The second kappa shape index (κ2) is 6.78. The van der Waals surface area contributed by atoms with Crippen LogP contribution in [0.2, 0.25) is 5.02 Å². The molecule has 0 unspecified atom stereocenters. The Morgan fingerprint density at radius 1 is 1.20 bits per heavy atom. The van der Waals surface area contributed by atoms with Gasteiger partial charge in [-0.1, -0.05) is 41.9 Å². The highest BCUT2D eigenvalue weighted by Gasteiger charge is 2.01. The van der Waals surface area contributed by atoms with Gasteiger partial charge in [-0.3, -0.25) is 0 Å². The summed E-state index contributed by atoms with van der Waals surface area (Å²) in [7, 11) is 0. The van der Waals surface area contributed by atoms with Crippen LogP contribution in [0, 0.1) is 0 Å². The van der Waals surface area contributed by atoms with Crippen molar-refractivity contribution in [1.29, 1.82) is 0 Å². The van der Waals surface area contributed by atoms with Crippen molar-refractivity contribution in [3.05, 3.63) is 70.8 Å². The molecule has 1 N–H and O–H groups in total. The van der Waals surface area contributed by atoms with Crippen LogP contribution in [-0.4, -0.2) is 11.1 Å². The Balaban J connectivity index is 2.11. The maximum Gasteiger partial charge on any atom is 0.328 e. The van der Waals surface area contributed by atoms with Crippen LogP contribution in [0.1, 0.15) is 11.1 Å². The molecule has 2 aromatic carbocycles. The van der Waals surface area contributed by atoms with Gasteiger partial charge in [0.2, 0.25) is 0 Å². The molecule has 0 aliphatic rings. The highest BCUT2D eigenvalue weighted by atomic mass is 35.5. The summed E-state index contributed by atoms with van der Waals surface area (Å²) in [6.45, 7) is 0.348. The fourth-order valence-corrected chi connectivity index (χ4v) is 1.89. The van der Waals surface area contributed by atoms with E-state index in [0.29, 0.717) is 17.4 Å². The first-order chi connectivity index (χ1) is 9.65. The van der Waals surface area contributed by atoms with Crippen LogP contribution >= 0.6 is 11.6 Å². The summed E-state index contributed by atoms with van der Waals surface area (Å²) in [6.07, 6.45) is 2.66. The Morgan fingerprint density at radius 3 is 2.75 bits per heavy atom. The number of hydrogen-bond donors (Lipinski definition) is 1. The van der Waals surface area contributed by atoms with Crippen LogP contribution in [0.15, 0.2) is 54.6 Å². The van der Waals surface area contributed by atoms with Crippen molar-refractivity contribution >= 4 is 23.6 Å². The molecular weight excluding hydrogens is 276 g/mol. The third kappa shape index (κ3) is 4.14. The summed E-state index contributed by atoms with van der Waals surface area (Å²) in [5.74, 6) is -0.301. The van der Waals surface area contributed by atoms with Gasteiger partial charge in [-0.15, -0.1) is 0 Å². The molecule has 0 radical (unpaired) electrons. The molecule has 2 rings (SSSR count). The van der Waals surface area contributed by atoms with Gasteiger partial charge in [-0.25, -0.2) is 4.79 Å². The van der Waals surface area contributed by atoms with E-state index < -0.39 is 5.97 Å². The minimum atomic E-state index is -0.976. The van der Waals surface area contributed by atoms with E-state index in [4.69, 9.17) is 21.4 Å². The molecule has 102 valence electrons. The molecule has 0 aliphatic heterocycles. The lowest BCUT2D eigenvalue weighted by molar-refractivity contribution is -0.131. The summed E-state index contributed by atoms with van der Waals surface area (Å²) >= 11 is 5.89. The number of rotatable bonds is 5. The van der Waals surface area contributed by atoms with E-state index in [-0.39, 0.29) is 0 Å². The van der Waals surface area contributed by atoms with Gasteiger partial charge in [0.1, 0.15) is 12.4 Å². The standard InChI is InChI=1S/C16H13ClO3/c17-14-6-3-7-15(10-14)20-11-13-5-2-1-4-12(13)8-9-16(18)19/h1-10H,11H2,(H,18,19). The second-order valence-corrected chi connectivity index (χ2v) is 4.55. The molecule has 0 atom stereocenters. The fraction of sp³-hybridized carbons (Fsp3) is 0.0625. The molecule has 0 saturated heterocycles. The minimum Gasteiger partial charge on any atom is -0.489 e. The summed E-state index contributed by atoms with van der Waals surface area (Å²) in [4.78, 5) is 10.6. The average molecular weight is 289 g/mol. The predicted octanol–water partition coefficient (Wildman–Crippen LogP) is 4.02. The molecule has 0 amide bonds. The average Bonchev–Trinajstić information content (AvgIpc) is 2.44. The van der Waals surface area contributed by atoms with E-state index in [2.05, 4.69) is 0 Å². The van der Waals surface area contributed by atoms with Crippen molar-refractivity contribution in [2.24, 2.45) is 0 Å². The number of hydrogen-bond acceptors (Lipinski definition) is 2. The van der Waals surface area contributed by atoms with Crippen LogP contribution in [0.25, 0.3) is 6.08 Å². The molecule has 2 aromatic rings. The SMILES string of the molecule is O=C(O)C=Cc1ccccc1COc1cccc(Cl)c1. The monoisotopic (exact) mass is 288 g/mol. The van der Waals surface area contributed by atoms with Gasteiger partial charge >= 0.3 is 5.97 Å². The zero-order chi connectivity index (χ0) is 14.4. The van der Waals surface area contributed by atoms with Crippen LogP contribution < -0.4 is 4.74 Å². The van der Waals surface area contributed by atoms with Crippen LogP contribution in [0.4, 0.5) is 0 Å². The lowest BCUT2D eigenvalue weighted by Crippen LogP contribution is -1.98. The summed E-state index contributed by atoms with van der Waals surface area (Å²) < 4.78 is 5.65. The number of carboxylic acid groups (broad SMARTS) is 1.